The molecule has 3 aromatic carbocycles. The van der Waals surface area contributed by atoms with Crippen LogP contribution in [0.1, 0.15) is 5.56 Å². The Hall–Kier alpha value is -3.32. The first-order valence-electron chi connectivity index (χ1n) is 7.46. The highest BCUT2D eigenvalue weighted by atomic mass is 32.1. The number of rotatable bonds is 4. The molecule has 3 rings (SSSR count). The Morgan fingerprint density at radius 1 is 1.04 bits per heavy atom. The van der Waals surface area contributed by atoms with Gasteiger partial charge in [0.05, 0.1) is 11.1 Å². The summed E-state index contributed by atoms with van der Waals surface area (Å²) in [5, 5.41) is 20.3. The first kappa shape index (κ1) is 16.5. The van der Waals surface area contributed by atoms with Crippen molar-refractivity contribution >= 4 is 45.7 Å². The average Bonchev–Trinajstić information content (AvgIpc) is 2.62. The Morgan fingerprint density at radius 3 is 2.56 bits per heavy atom. The number of fused-ring (bicyclic) bond motifs is 1. The third-order valence-corrected chi connectivity index (χ3v) is 3.70. The van der Waals surface area contributed by atoms with Crippen LogP contribution in [0.15, 0.2) is 71.8 Å². The van der Waals surface area contributed by atoms with Crippen LogP contribution in [0.3, 0.4) is 0 Å². The van der Waals surface area contributed by atoms with Gasteiger partial charge in [0.1, 0.15) is 5.69 Å². The molecule has 0 radical (unpaired) electrons. The maximum atomic E-state index is 11.0. The van der Waals surface area contributed by atoms with Crippen molar-refractivity contribution in [1.29, 1.82) is 0 Å². The normalized spacial score (nSPS) is 10.7. The second-order valence-electron chi connectivity index (χ2n) is 5.20. The van der Waals surface area contributed by atoms with Crippen LogP contribution in [0, 0.1) is 10.1 Å². The highest BCUT2D eigenvalue weighted by molar-refractivity contribution is 7.80. The van der Waals surface area contributed by atoms with Crippen LogP contribution in [-0.2, 0) is 0 Å². The van der Waals surface area contributed by atoms with E-state index in [1.165, 1.54) is 6.07 Å². The van der Waals surface area contributed by atoms with Gasteiger partial charge in [0.2, 0.25) is 0 Å². The fourth-order valence-electron chi connectivity index (χ4n) is 2.34. The molecule has 0 heterocycles. The second kappa shape index (κ2) is 7.50. The lowest BCUT2D eigenvalue weighted by Crippen LogP contribution is -2.24. The van der Waals surface area contributed by atoms with Gasteiger partial charge in [0.25, 0.3) is 5.69 Å². The van der Waals surface area contributed by atoms with Gasteiger partial charge in [-0.25, -0.2) is 0 Å². The molecular weight excluding hydrogens is 336 g/mol. The summed E-state index contributed by atoms with van der Waals surface area (Å²) in [7, 11) is 0. The van der Waals surface area contributed by atoms with E-state index in [-0.39, 0.29) is 10.8 Å². The van der Waals surface area contributed by atoms with Gasteiger partial charge in [0, 0.05) is 6.07 Å². The number of nitrogens with zero attached hydrogens (tertiary/aromatic N) is 2. The molecule has 0 aliphatic heterocycles. The Labute approximate surface area is 149 Å². The minimum Gasteiger partial charge on any atom is -0.326 e. The number of nitrogens with one attached hydrogen (secondary N) is 2. The lowest BCUT2D eigenvalue weighted by Gasteiger charge is -2.07. The van der Waals surface area contributed by atoms with E-state index in [0.717, 1.165) is 16.3 Å². The van der Waals surface area contributed by atoms with E-state index in [9.17, 15) is 10.1 Å². The van der Waals surface area contributed by atoms with Crippen LogP contribution < -0.4 is 10.7 Å². The zero-order valence-corrected chi connectivity index (χ0v) is 13.9. The monoisotopic (exact) mass is 350 g/mol. The molecule has 25 heavy (non-hydrogen) atoms. The topological polar surface area (TPSA) is 79.6 Å². The van der Waals surface area contributed by atoms with Gasteiger partial charge in [0.15, 0.2) is 5.11 Å². The van der Waals surface area contributed by atoms with Gasteiger partial charge in [-0.1, -0.05) is 48.5 Å². The molecule has 0 bridgehead atoms. The highest BCUT2D eigenvalue weighted by Gasteiger charge is 2.12. The Bertz CT molecular complexity index is 972. The zero-order chi connectivity index (χ0) is 17.6. The first-order chi connectivity index (χ1) is 12.1. The van der Waals surface area contributed by atoms with Gasteiger partial charge >= 0.3 is 0 Å². The summed E-state index contributed by atoms with van der Waals surface area (Å²) in [5.74, 6) is 0. The summed E-state index contributed by atoms with van der Waals surface area (Å²) >= 11 is 5.12. The predicted molar refractivity (Wildman–Crippen MR) is 104 cm³/mol. The summed E-state index contributed by atoms with van der Waals surface area (Å²) < 4.78 is 0. The lowest BCUT2D eigenvalue weighted by molar-refractivity contribution is -0.383. The molecule has 0 saturated heterocycles. The molecular formula is C18H14N4O2S. The van der Waals surface area contributed by atoms with E-state index in [0.29, 0.717) is 5.69 Å². The number of hydrogen-bond acceptors (Lipinski definition) is 4. The largest absolute Gasteiger partial charge is 0.326 e. The lowest BCUT2D eigenvalue weighted by atomic mass is 10.1. The number of nitro groups is 1. The molecule has 124 valence electrons. The first-order valence-corrected chi connectivity index (χ1v) is 7.86. The van der Waals surface area contributed by atoms with Crippen molar-refractivity contribution in [3.63, 3.8) is 0 Å². The summed E-state index contributed by atoms with van der Waals surface area (Å²) in [5.41, 5.74) is 3.84. The molecule has 0 atom stereocenters. The van der Waals surface area contributed by atoms with Crippen molar-refractivity contribution in [3.05, 3.63) is 82.4 Å². The van der Waals surface area contributed by atoms with Crippen LogP contribution in [0.25, 0.3) is 10.8 Å². The number of hydrazone groups is 1. The van der Waals surface area contributed by atoms with Gasteiger partial charge in [-0.15, -0.1) is 0 Å². The minimum atomic E-state index is -0.469. The van der Waals surface area contributed by atoms with Crippen molar-refractivity contribution < 1.29 is 4.92 Å². The molecule has 0 saturated carbocycles. The Balaban J connectivity index is 1.65. The summed E-state index contributed by atoms with van der Waals surface area (Å²) in [6.07, 6.45) is 1.64. The maximum absolute atomic E-state index is 11.0. The molecule has 0 amide bonds. The minimum absolute atomic E-state index is 0.0508. The molecule has 3 aromatic rings. The Kier molecular flexibility index (Phi) is 4.96. The van der Waals surface area contributed by atoms with E-state index in [4.69, 9.17) is 12.2 Å². The number of thiocarbonyl (C=S) groups is 1. The maximum Gasteiger partial charge on any atom is 0.292 e. The van der Waals surface area contributed by atoms with Gasteiger partial charge in [-0.3, -0.25) is 15.5 Å². The average molecular weight is 350 g/mol. The molecule has 6 nitrogen and oxygen atoms in total. The highest BCUT2D eigenvalue weighted by Crippen LogP contribution is 2.22. The number of anilines is 1. The molecule has 0 aliphatic rings. The van der Waals surface area contributed by atoms with Crippen LogP contribution in [0.2, 0.25) is 0 Å². The molecule has 7 heteroatoms. The van der Waals surface area contributed by atoms with E-state index in [1.54, 1.807) is 24.4 Å². The van der Waals surface area contributed by atoms with Crippen LogP contribution >= 0.6 is 12.2 Å². The summed E-state index contributed by atoms with van der Waals surface area (Å²) in [4.78, 5) is 10.5. The Morgan fingerprint density at radius 2 is 1.76 bits per heavy atom. The number of para-hydroxylation sites is 2. The summed E-state index contributed by atoms with van der Waals surface area (Å²) in [6.45, 7) is 0. The van der Waals surface area contributed by atoms with Gasteiger partial charge < -0.3 is 5.32 Å². The predicted octanol–water partition coefficient (Wildman–Crippen LogP) is 4.07. The van der Waals surface area contributed by atoms with Gasteiger partial charge in [-0.2, -0.15) is 5.10 Å². The number of hydrogen-bond donors (Lipinski definition) is 2. The SMILES string of the molecule is O=[N+]([O-])c1ccccc1NC(=S)N/N=C\c1ccc2ccccc2c1. The fourth-order valence-corrected chi connectivity index (χ4v) is 2.51. The van der Waals surface area contributed by atoms with Crippen molar-refractivity contribution in [2.24, 2.45) is 5.10 Å². The van der Waals surface area contributed by atoms with E-state index in [1.807, 2.05) is 42.5 Å². The zero-order valence-electron chi connectivity index (χ0n) is 13.0. The van der Waals surface area contributed by atoms with Crippen molar-refractivity contribution in [3.8, 4) is 0 Å². The molecule has 0 aromatic heterocycles. The molecule has 0 unspecified atom stereocenters. The number of benzene rings is 3. The standard InChI is InChI=1S/C18H14N4O2S/c23-22(24)17-8-4-3-7-16(17)20-18(25)21-19-12-13-9-10-14-5-1-2-6-15(14)11-13/h1-12H,(H2,20,21,25)/b19-12-. The van der Waals surface area contributed by atoms with Crippen molar-refractivity contribution in [2.45, 2.75) is 0 Å². The third-order valence-electron chi connectivity index (χ3n) is 3.50. The van der Waals surface area contributed by atoms with Crippen molar-refractivity contribution in [2.75, 3.05) is 5.32 Å². The quantitative estimate of drug-likeness (QED) is 0.321. The fraction of sp³-hybridized carbons (Fsp3) is 0. The van der Waals surface area contributed by atoms with E-state index in [2.05, 4.69) is 15.8 Å². The number of nitro benzene ring substituents is 1. The smallest absolute Gasteiger partial charge is 0.292 e. The van der Waals surface area contributed by atoms with Gasteiger partial charge in [-0.05, 0) is 40.7 Å². The second-order valence-corrected chi connectivity index (χ2v) is 5.61. The van der Waals surface area contributed by atoms with Crippen LogP contribution in [0.5, 0.6) is 0 Å². The van der Waals surface area contributed by atoms with E-state index >= 15 is 0 Å². The van der Waals surface area contributed by atoms with E-state index < -0.39 is 4.92 Å². The van der Waals surface area contributed by atoms with Crippen LogP contribution in [-0.4, -0.2) is 16.3 Å². The molecule has 0 fully saturated rings. The van der Waals surface area contributed by atoms with Crippen molar-refractivity contribution in [1.82, 2.24) is 5.43 Å². The summed E-state index contributed by atoms with van der Waals surface area (Å²) in [6, 6.07) is 20.3. The molecule has 0 aliphatic carbocycles. The van der Waals surface area contributed by atoms with Crippen LogP contribution in [0.4, 0.5) is 11.4 Å². The molecule has 2 N–H and O–H groups in total. The molecule has 0 spiro atoms. The third kappa shape index (κ3) is 4.15.